The molecule has 2 atom stereocenters. The number of pyridine rings is 1. The predicted octanol–water partition coefficient (Wildman–Crippen LogP) is 8.41. The van der Waals surface area contributed by atoms with Gasteiger partial charge in [0.2, 0.25) is 5.71 Å². The fourth-order valence-corrected chi connectivity index (χ4v) is 6.43. The molecule has 0 N–H and O–H groups in total. The van der Waals surface area contributed by atoms with E-state index in [0.717, 1.165) is 57.6 Å². The number of allylic oxidation sites excluding steroid dienone is 2. The Kier molecular flexibility index (Phi) is 5.44. The molecule has 0 aliphatic carbocycles. The summed E-state index contributed by atoms with van der Waals surface area (Å²) in [6, 6.07) is 21.6. The fourth-order valence-electron chi connectivity index (χ4n) is 6.43. The highest BCUT2D eigenvalue weighted by molar-refractivity contribution is 6.20. The van der Waals surface area contributed by atoms with Crippen LogP contribution in [0.4, 0.5) is 0 Å². The van der Waals surface area contributed by atoms with Gasteiger partial charge in [-0.1, -0.05) is 68.3 Å². The Morgan fingerprint density at radius 1 is 0.872 bits per heavy atom. The molecule has 0 saturated heterocycles. The summed E-state index contributed by atoms with van der Waals surface area (Å²) in [7, 11) is 0. The molecule has 4 nitrogen and oxygen atoms in total. The molecule has 0 fully saturated rings. The van der Waals surface area contributed by atoms with E-state index in [1.807, 2.05) is 25.1 Å². The number of aromatic nitrogens is 1. The van der Waals surface area contributed by atoms with Gasteiger partial charge in [0.1, 0.15) is 5.58 Å². The molecule has 39 heavy (non-hydrogen) atoms. The van der Waals surface area contributed by atoms with Crippen molar-refractivity contribution >= 4 is 44.3 Å². The Labute approximate surface area is 227 Å². The fraction of sp³-hybridized carbons (Fsp3) is 0.171. The van der Waals surface area contributed by atoms with E-state index in [2.05, 4.69) is 79.3 Å². The van der Waals surface area contributed by atoms with Crippen molar-refractivity contribution in [1.29, 1.82) is 0 Å². The van der Waals surface area contributed by atoms with Crippen LogP contribution in [0.5, 0.6) is 0 Å². The zero-order chi connectivity index (χ0) is 26.7. The van der Waals surface area contributed by atoms with Crippen LogP contribution in [0.3, 0.4) is 0 Å². The Morgan fingerprint density at radius 3 is 2.54 bits per heavy atom. The van der Waals surface area contributed by atoms with Crippen molar-refractivity contribution in [1.82, 2.24) is 4.98 Å². The largest absolute Gasteiger partial charge is 0.437 e. The molecule has 4 heteroatoms. The van der Waals surface area contributed by atoms with Gasteiger partial charge in [0.25, 0.3) is 0 Å². The van der Waals surface area contributed by atoms with Gasteiger partial charge in [0.05, 0.1) is 17.5 Å². The van der Waals surface area contributed by atoms with Crippen LogP contribution in [0.2, 0.25) is 0 Å². The maximum Gasteiger partial charge on any atom is 0.227 e. The zero-order valence-electron chi connectivity index (χ0n) is 22.1. The lowest BCUT2D eigenvalue weighted by Gasteiger charge is -2.33. The van der Waals surface area contributed by atoms with Crippen LogP contribution < -0.4 is 0 Å². The Balaban J connectivity index is 1.43. The van der Waals surface area contributed by atoms with Crippen LogP contribution >= 0.6 is 0 Å². The summed E-state index contributed by atoms with van der Waals surface area (Å²) in [5.74, 6) is 0.231. The predicted molar refractivity (Wildman–Crippen MR) is 162 cm³/mol. The third-order valence-corrected chi connectivity index (χ3v) is 8.21. The van der Waals surface area contributed by atoms with Gasteiger partial charge < -0.3 is 4.42 Å². The SMILES string of the molecule is C=CC1=NC2CC(=C)N=C(C=C)c3c(ccc4c3oc3nc(C)ccc34)CCC2c2ccc3ccccc3c21. The molecule has 0 saturated carbocycles. The molecule has 0 amide bonds. The summed E-state index contributed by atoms with van der Waals surface area (Å²) in [5.41, 5.74) is 9.62. The minimum Gasteiger partial charge on any atom is -0.437 e. The molecule has 2 aliphatic rings. The van der Waals surface area contributed by atoms with Gasteiger partial charge >= 0.3 is 0 Å². The topological polar surface area (TPSA) is 50.8 Å². The van der Waals surface area contributed by atoms with Gasteiger partial charge in [-0.15, -0.1) is 0 Å². The second-order valence-electron chi connectivity index (χ2n) is 10.5. The van der Waals surface area contributed by atoms with Crippen LogP contribution in [-0.2, 0) is 6.42 Å². The molecule has 0 spiro atoms. The monoisotopic (exact) mass is 507 g/mol. The van der Waals surface area contributed by atoms with Crippen molar-refractivity contribution in [3.63, 3.8) is 0 Å². The maximum atomic E-state index is 6.40. The molecular weight excluding hydrogens is 478 g/mol. The van der Waals surface area contributed by atoms with Crippen LogP contribution in [-0.4, -0.2) is 22.4 Å². The first kappa shape index (κ1) is 23.5. The summed E-state index contributed by atoms with van der Waals surface area (Å²) in [4.78, 5) is 14.9. The average molecular weight is 508 g/mol. The number of hydrogen-bond acceptors (Lipinski definition) is 4. The van der Waals surface area contributed by atoms with Crippen LogP contribution in [0.1, 0.15) is 46.7 Å². The Bertz CT molecular complexity index is 1920. The van der Waals surface area contributed by atoms with Crippen molar-refractivity contribution in [2.45, 2.75) is 38.1 Å². The van der Waals surface area contributed by atoms with Crippen molar-refractivity contribution in [2.75, 3.05) is 0 Å². The standard InChI is InChI=1S/C35H29N3O/c1-5-29-32-23(14-18-27-28-15-11-20(3)37-35(28)39-34(27)32)13-16-25-26-17-12-22-9-7-8-10-24(22)33(26)30(6-2)38-31(25)19-21(4)36-29/h5-12,14-15,17-18,25,31H,1-2,4,13,16,19H2,3H3. The molecule has 2 aromatic heterocycles. The second kappa shape index (κ2) is 9.02. The number of aryl methyl sites for hydroxylation is 2. The number of benzene rings is 3. The third kappa shape index (κ3) is 3.70. The van der Waals surface area contributed by atoms with Crippen LogP contribution in [0.15, 0.2) is 113 Å². The van der Waals surface area contributed by atoms with Gasteiger partial charge in [0.15, 0.2) is 0 Å². The summed E-state index contributed by atoms with van der Waals surface area (Å²) in [6.07, 6.45) is 6.18. The van der Waals surface area contributed by atoms with Crippen LogP contribution in [0, 0.1) is 6.92 Å². The van der Waals surface area contributed by atoms with Gasteiger partial charge in [-0.25, -0.2) is 4.98 Å². The highest BCUT2D eigenvalue weighted by atomic mass is 16.3. The second-order valence-corrected chi connectivity index (χ2v) is 10.5. The van der Waals surface area contributed by atoms with Crippen molar-refractivity contribution < 1.29 is 4.42 Å². The first-order chi connectivity index (χ1) is 19.1. The van der Waals surface area contributed by atoms with Gasteiger partial charge in [-0.05, 0) is 65.9 Å². The molecule has 2 unspecified atom stereocenters. The number of rotatable bonds is 2. The van der Waals surface area contributed by atoms with E-state index >= 15 is 0 Å². The van der Waals surface area contributed by atoms with E-state index in [1.165, 1.54) is 27.5 Å². The number of hydrogen-bond donors (Lipinski definition) is 0. The summed E-state index contributed by atoms with van der Waals surface area (Å²) in [5, 5.41) is 4.50. The lowest BCUT2D eigenvalue weighted by atomic mass is 9.77. The minimum atomic E-state index is 0.0395. The lowest BCUT2D eigenvalue weighted by molar-refractivity contribution is 0.490. The van der Waals surface area contributed by atoms with E-state index in [-0.39, 0.29) is 12.0 Å². The van der Waals surface area contributed by atoms with E-state index in [0.29, 0.717) is 12.1 Å². The van der Waals surface area contributed by atoms with E-state index in [4.69, 9.17) is 14.4 Å². The Hall–Kier alpha value is -4.57. The zero-order valence-corrected chi connectivity index (χ0v) is 22.1. The highest BCUT2D eigenvalue weighted by Crippen LogP contribution is 2.42. The first-order valence-electron chi connectivity index (χ1n) is 13.5. The minimum absolute atomic E-state index is 0.0395. The van der Waals surface area contributed by atoms with E-state index in [9.17, 15) is 0 Å². The molecule has 0 bridgehead atoms. The van der Waals surface area contributed by atoms with Crippen molar-refractivity contribution in [3.05, 3.63) is 126 Å². The quantitative estimate of drug-likeness (QED) is 0.241. The molecule has 5 aromatic rings. The van der Waals surface area contributed by atoms with Crippen molar-refractivity contribution in [2.24, 2.45) is 9.98 Å². The smallest absolute Gasteiger partial charge is 0.227 e. The molecule has 4 heterocycles. The normalized spacial score (nSPS) is 19.2. The number of nitrogens with zero attached hydrogens (tertiary/aromatic N) is 3. The Morgan fingerprint density at radius 2 is 1.69 bits per heavy atom. The summed E-state index contributed by atoms with van der Waals surface area (Å²) >= 11 is 0. The highest BCUT2D eigenvalue weighted by Gasteiger charge is 2.33. The van der Waals surface area contributed by atoms with Gasteiger partial charge in [0, 0.05) is 45.6 Å². The first-order valence-corrected chi connectivity index (χ1v) is 13.5. The molecule has 3 aromatic carbocycles. The summed E-state index contributed by atoms with van der Waals surface area (Å²) in [6.45, 7) is 14.6. The molecule has 2 aliphatic heterocycles. The molecular formula is C35H29N3O. The van der Waals surface area contributed by atoms with Crippen molar-refractivity contribution in [3.8, 4) is 0 Å². The van der Waals surface area contributed by atoms with E-state index < -0.39 is 0 Å². The van der Waals surface area contributed by atoms with Crippen LogP contribution in [0.25, 0.3) is 32.8 Å². The lowest BCUT2D eigenvalue weighted by Crippen LogP contribution is -2.27. The molecule has 190 valence electrons. The molecule has 7 rings (SSSR count). The summed E-state index contributed by atoms with van der Waals surface area (Å²) < 4.78 is 6.40. The average Bonchev–Trinajstić information content (AvgIpc) is 3.31. The maximum absolute atomic E-state index is 6.40. The molecule has 0 radical (unpaired) electrons. The number of furan rings is 1. The number of fused-ring (bicyclic) bond motifs is 10. The van der Waals surface area contributed by atoms with E-state index in [1.54, 1.807) is 0 Å². The van der Waals surface area contributed by atoms with Gasteiger partial charge in [-0.2, -0.15) is 0 Å². The third-order valence-electron chi connectivity index (χ3n) is 8.21. The number of aliphatic imine (C=N–C) groups is 2. The van der Waals surface area contributed by atoms with Gasteiger partial charge in [-0.3, -0.25) is 9.98 Å².